The predicted molar refractivity (Wildman–Crippen MR) is 69.3 cm³/mol. The van der Waals surface area contributed by atoms with Crippen LogP contribution in [0.3, 0.4) is 0 Å². The van der Waals surface area contributed by atoms with Crippen molar-refractivity contribution < 1.29 is 14.7 Å². The molecule has 104 valence electrons. The van der Waals surface area contributed by atoms with Crippen molar-refractivity contribution in [1.82, 2.24) is 10.6 Å². The molecule has 1 aliphatic rings. The number of amides is 2. The lowest BCUT2D eigenvalue weighted by Crippen LogP contribution is -2.52. The molecule has 0 spiro atoms. The van der Waals surface area contributed by atoms with Gasteiger partial charge >= 0.3 is 12.0 Å². The van der Waals surface area contributed by atoms with E-state index >= 15 is 0 Å². The minimum atomic E-state index is -1.01. The van der Waals surface area contributed by atoms with Gasteiger partial charge in [-0.2, -0.15) is 0 Å². The number of hydrogen-bond donors (Lipinski definition) is 3. The summed E-state index contributed by atoms with van der Waals surface area (Å²) in [6.07, 6.45) is 2.48. The molecule has 1 aliphatic carbocycles. The third-order valence-corrected chi connectivity index (χ3v) is 3.40. The molecule has 0 bridgehead atoms. The minimum absolute atomic E-state index is 0.398. The Kier molecular flexibility index (Phi) is 4.59. The summed E-state index contributed by atoms with van der Waals surface area (Å²) in [6.45, 7) is 8.08. The van der Waals surface area contributed by atoms with Gasteiger partial charge in [-0.05, 0) is 30.1 Å². The quantitative estimate of drug-likeness (QED) is 0.702. The fraction of sp³-hybridized carbons (Fsp3) is 0.846. The van der Waals surface area contributed by atoms with Crippen LogP contribution in [-0.4, -0.2) is 29.7 Å². The molecule has 0 radical (unpaired) electrons. The highest BCUT2D eigenvalue weighted by atomic mass is 16.4. The maximum Gasteiger partial charge on any atom is 0.326 e. The van der Waals surface area contributed by atoms with Crippen LogP contribution in [0.15, 0.2) is 0 Å². The normalized spacial score (nSPS) is 18.9. The van der Waals surface area contributed by atoms with E-state index in [9.17, 15) is 9.59 Å². The van der Waals surface area contributed by atoms with Gasteiger partial charge in [0.1, 0.15) is 6.04 Å². The van der Waals surface area contributed by atoms with E-state index in [1.807, 2.05) is 0 Å². The molecule has 2 amide bonds. The van der Waals surface area contributed by atoms with Crippen LogP contribution in [0, 0.1) is 17.3 Å². The van der Waals surface area contributed by atoms with Crippen molar-refractivity contribution in [3.63, 3.8) is 0 Å². The number of carboxylic acid groups (broad SMARTS) is 1. The molecular weight excluding hydrogens is 232 g/mol. The Morgan fingerprint density at radius 1 is 1.33 bits per heavy atom. The molecule has 2 unspecified atom stereocenters. The Morgan fingerprint density at radius 2 is 1.89 bits per heavy atom. The Morgan fingerprint density at radius 3 is 2.28 bits per heavy atom. The van der Waals surface area contributed by atoms with E-state index < -0.39 is 23.5 Å². The second kappa shape index (κ2) is 5.59. The third kappa shape index (κ3) is 4.55. The average Bonchev–Trinajstić information content (AvgIpc) is 3.03. The van der Waals surface area contributed by atoms with Crippen LogP contribution < -0.4 is 10.6 Å². The number of urea groups is 1. The highest BCUT2D eigenvalue weighted by Crippen LogP contribution is 2.36. The second-order valence-electron chi connectivity index (χ2n) is 6.31. The number of nitrogens with one attached hydrogen (secondary N) is 2. The van der Waals surface area contributed by atoms with Gasteiger partial charge < -0.3 is 15.7 Å². The summed E-state index contributed by atoms with van der Waals surface area (Å²) in [5, 5.41) is 14.4. The summed E-state index contributed by atoms with van der Waals surface area (Å²) < 4.78 is 0. The molecule has 0 aliphatic heterocycles. The first-order valence-corrected chi connectivity index (χ1v) is 6.49. The molecular formula is C13H24N2O3. The van der Waals surface area contributed by atoms with Crippen LogP contribution in [0.1, 0.15) is 40.5 Å². The topological polar surface area (TPSA) is 78.4 Å². The molecule has 1 saturated carbocycles. The van der Waals surface area contributed by atoms with Crippen LogP contribution in [-0.2, 0) is 4.79 Å². The van der Waals surface area contributed by atoms with Crippen molar-refractivity contribution in [2.75, 3.05) is 6.54 Å². The minimum Gasteiger partial charge on any atom is -0.480 e. The summed E-state index contributed by atoms with van der Waals surface area (Å²) in [5.74, 6) is 0.185. The van der Waals surface area contributed by atoms with Gasteiger partial charge in [-0.3, -0.25) is 0 Å². The number of hydrogen-bond acceptors (Lipinski definition) is 2. The maximum absolute atomic E-state index is 11.7. The zero-order chi connectivity index (χ0) is 13.9. The Bertz CT molecular complexity index is 319. The van der Waals surface area contributed by atoms with Crippen LogP contribution in [0.2, 0.25) is 0 Å². The van der Waals surface area contributed by atoms with E-state index in [1.54, 1.807) is 20.8 Å². The summed E-state index contributed by atoms with van der Waals surface area (Å²) >= 11 is 0. The van der Waals surface area contributed by atoms with Crippen LogP contribution in [0.4, 0.5) is 4.79 Å². The molecule has 2 atom stereocenters. The van der Waals surface area contributed by atoms with Crippen molar-refractivity contribution in [2.45, 2.75) is 46.6 Å². The molecule has 0 aromatic carbocycles. The fourth-order valence-corrected chi connectivity index (χ4v) is 1.92. The van der Waals surface area contributed by atoms with E-state index in [0.717, 1.165) is 5.92 Å². The van der Waals surface area contributed by atoms with Crippen LogP contribution >= 0.6 is 0 Å². The molecule has 5 heteroatoms. The molecule has 0 heterocycles. The van der Waals surface area contributed by atoms with E-state index in [0.29, 0.717) is 12.5 Å². The summed E-state index contributed by atoms with van der Waals surface area (Å²) in [7, 11) is 0. The summed E-state index contributed by atoms with van der Waals surface area (Å²) in [4.78, 5) is 22.8. The van der Waals surface area contributed by atoms with Gasteiger partial charge in [0, 0.05) is 6.54 Å². The van der Waals surface area contributed by atoms with Gasteiger partial charge in [0.15, 0.2) is 0 Å². The first-order chi connectivity index (χ1) is 8.21. The van der Waals surface area contributed by atoms with Gasteiger partial charge in [0.2, 0.25) is 0 Å². The fourth-order valence-electron chi connectivity index (χ4n) is 1.92. The number of carboxylic acids is 1. The van der Waals surface area contributed by atoms with Crippen molar-refractivity contribution in [3.8, 4) is 0 Å². The van der Waals surface area contributed by atoms with Crippen molar-refractivity contribution >= 4 is 12.0 Å². The van der Waals surface area contributed by atoms with E-state index in [2.05, 4.69) is 17.6 Å². The zero-order valence-electron chi connectivity index (χ0n) is 11.6. The number of carbonyl (C=O) groups excluding carboxylic acids is 1. The molecule has 1 rings (SSSR count). The van der Waals surface area contributed by atoms with E-state index in [4.69, 9.17) is 5.11 Å². The summed E-state index contributed by atoms with van der Waals surface area (Å²) in [5.41, 5.74) is -0.509. The van der Waals surface area contributed by atoms with Crippen LogP contribution in [0.5, 0.6) is 0 Å². The zero-order valence-corrected chi connectivity index (χ0v) is 11.6. The molecule has 0 saturated heterocycles. The number of aliphatic carboxylic acids is 1. The van der Waals surface area contributed by atoms with Gasteiger partial charge in [-0.25, -0.2) is 9.59 Å². The van der Waals surface area contributed by atoms with Gasteiger partial charge in [0.05, 0.1) is 0 Å². The van der Waals surface area contributed by atoms with Crippen molar-refractivity contribution in [2.24, 2.45) is 17.3 Å². The lowest BCUT2D eigenvalue weighted by molar-refractivity contribution is -0.141. The highest BCUT2D eigenvalue weighted by Gasteiger charge is 2.33. The van der Waals surface area contributed by atoms with Crippen molar-refractivity contribution in [1.29, 1.82) is 0 Å². The highest BCUT2D eigenvalue weighted by molar-refractivity contribution is 5.83. The SMILES string of the molecule is CC(CNC(=O)NC(C(=O)O)C(C)(C)C)C1CC1. The molecule has 5 nitrogen and oxygen atoms in total. The molecule has 0 aromatic rings. The maximum atomic E-state index is 11.7. The monoisotopic (exact) mass is 256 g/mol. The lowest BCUT2D eigenvalue weighted by Gasteiger charge is -2.28. The third-order valence-electron chi connectivity index (χ3n) is 3.40. The van der Waals surface area contributed by atoms with Gasteiger partial charge in [-0.1, -0.05) is 27.7 Å². The molecule has 3 N–H and O–H groups in total. The number of carbonyl (C=O) groups is 2. The molecule has 1 fully saturated rings. The first-order valence-electron chi connectivity index (χ1n) is 6.49. The lowest BCUT2D eigenvalue weighted by atomic mass is 9.87. The standard InChI is InChI=1S/C13H24N2O3/c1-8(9-5-6-9)7-14-12(18)15-10(11(16)17)13(2,3)4/h8-10H,5-7H2,1-4H3,(H,16,17)(H2,14,15,18). The van der Waals surface area contributed by atoms with Gasteiger partial charge in [0.25, 0.3) is 0 Å². The van der Waals surface area contributed by atoms with E-state index in [1.165, 1.54) is 12.8 Å². The average molecular weight is 256 g/mol. The number of rotatable bonds is 5. The largest absolute Gasteiger partial charge is 0.480 e. The smallest absolute Gasteiger partial charge is 0.326 e. The van der Waals surface area contributed by atoms with Gasteiger partial charge in [-0.15, -0.1) is 0 Å². The Hall–Kier alpha value is -1.26. The Labute approximate surface area is 108 Å². The van der Waals surface area contributed by atoms with Crippen LogP contribution in [0.25, 0.3) is 0 Å². The molecule has 0 aromatic heterocycles. The van der Waals surface area contributed by atoms with E-state index in [-0.39, 0.29) is 0 Å². The molecule has 18 heavy (non-hydrogen) atoms. The predicted octanol–water partition coefficient (Wildman–Crippen LogP) is 1.83. The second-order valence-corrected chi connectivity index (χ2v) is 6.31. The summed E-state index contributed by atoms with van der Waals surface area (Å²) in [6, 6.07) is -1.28. The van der Waals surface area contributed by atoms with Crippen molar-refractivity contribution in [3.05, 3.63) is 0 Å². The Balaban J connectivity index is 2.39. The first kappa shape index (κ1) is 14.8.